The van der Waals surface area contributed by atoms with E-state index in [0.29, 0.717) is 18.1 Å². The van der Waals surface area contributed by atoms with Crippen LogP contribution in [0.1, 0.15) is 26.3 Å². The molecule has 0 aliphatic rings. The van der Waals surface area contributed by atoms with Gasteiger partial charge in [-0.3, -0.25) is 14.5 Å². The molecule has 0 heterocycles. The van der Waals surface area contributed by atoms with E-state index in [1.54, 1.807) is 11.0 Å². The number of nitrogens with zero attached hydrogens (tertiary/aromatic N) is 1. The van der Waals surface area contributed by atoms with Crippen molar-refractivity contribution in [2.24, 2.45) is 0 Å². The molecule has 6 heteroatoms. The van der Waals surface area contributed by atoms with Crippen molar-refractivity contribution < 1.29 is 9.59 Å². The summed E-state index contributed by atoms with van der Waals surface area (Å²) in [6, 6.07) is 7.45. The molecular formula is C16H24ClN3O2. The van der Waals surface area contributed by atoms with Gasteiger partial charge in [0.1, 0.15) is 0 Å². The molecule has 0 atom stereocenters. The van der Waals surface area contributed by atoms with Gasteiger partial charge < -0.3 is 10.6 Å². The van der Waals surface area contributed by atoms with Crippen molar-refractivity contribution in [3.05, 3.63) is 34.9 Å². The lowest BCUT2D eigenvalue weighted by Gasteiger charge is -2.20. The normalized spacial score (nSPS) is 10.8. The minimum Gasteiger partial charge on any atom is -0.353 e. The van der Waals surface area contributed by atoms with Gasteiger partial charge in [-0.05, 0) is 38.1 Å². The molecule has 0 saturated carbocycles. The first-order valence-electron chi connectivity index (χ1n) is 7.43. The predicted octanol–water partition coefficient (Wildman–Crippen LogP) is 1.80. The lowest BCUT2D eigenvalue weighted by Crippen LogP contribution is -2.44. The average molecular weight is 326 g/mol. The first-order valence-corrected chi connectivity index (χ1v) is 7.81. The van der Waals surface area contributed by atoms with E-state index in [9.17, 15) is 9.59 Å². The largest absolute Gasteiger partial charge is 0.353 e. The van der Waals surface area contributed by atoms with Crippen LogP contribution in [-0.4, -0.2) is 42.4 Å². The van der Waals surface area contributed by atoms with Crippen molar-refractivity contribution in [2.75, 3.05) is 19.6 Å². The van der Waals surface area contributed by atoms with Crippen LogP contribution < -0.4 is 10.6 Å². The van der Waals surface area contributed by atoms with Crippen molar-refractivity contribution >= 4 is 23.4 Å². The number of rotatable bonds is 8. The van der Waals surface area contributed by atoms with Crippen molar-refractivity contribution in [3.8, 4) is 0 Å². The number of carbonyl (C=O) groups excluding carboxylic acids is 2. The van der Waals surface area contributed by atoms with Gasteiger partial charge in [0.15, 0.2) is 0 Å². The molecule has 0 fully saturated rings. The zero-order chi connectivity index (χ0) is 16.5. The van der Waals surface area contributed by atoms with Crippen LogP contribution in [0.2, 0.25) is 5.02 Å². The van der Waals surface area contributed by atoms with Gasteiger partial charge in [0, 0.05) is 17.6 Å². The number of nitrogens with one attached hydrogen (secondary N) is 2. The highest BCUT2D eigenvalue weighted by Crippen LogP contribution is 2.10. The number of amides is 2. The second-order valence-corrected chi connectivity index (χ2v) is 5.87. The minimum atomic E-state index is -0.112. The maximum Gasteiger partial charge on any atom is 0.234 e. The van der Waals surface area contributed by atoms with Crippen LogP contribution >= 0.6 is 11.6 Å². The number of likely N-dealkylation sites (N-methyl/N-ethyl adjacent to an activating group) is 1. The van der Waals surface area contributed by atoms with Gasteiger partial charge in [-0.25, -0.2) is 0 Å². The van der Waals surface area contributed by atoms with Gasteiger partial charge in [0.05, 0.1) is 13.1 Å². The fraction of sp³-hybridized carbons (Fsp3) is 0.500. The van der Waals surface area contributed by atoms with E-state index in [0.717, 1.165) is 5.56 Å². The standard InChI is InChI=1S/C16H24ClN3O2/c1-4-20(11-16(22)19-12(2)3)10-15(21)18-9-13-6-5-7-14(17)8-13/h5-8,12H,4,9-11H2,1-3H3,(H,18,21)(H,19,22). The monoisotopic (exact) mass is 325 g/mol. The third-order valence-electron chi connectivity index (χ3n) is 3.01. The van der Waals surface area contributed by atoms with Gasteiger partial charge in [-0.15, -0.1) is 0 Å². The SMILES string of the molecule is CCN(CC(=O)NCc1cccc(Cl)c1)CC(=O)NC(C)C. The molecule has 122 valence electrons. The Hall–Kier alpha value is -1.59. The van der Waals surface area contributed by atoms with E-state index in [2.05, 4.69) is 10.6 Å². The zero-order valence-corrected chi connectivity index (χ0v) is 14.1. The predicted molar refractivity (Wildman–Crippen MR) is 88.7 cm³/mol. The first-order chi connectivity index (χ1) is 10.4. The maximum absolute atomic E-state index is 12.0. The molecule has 0 spiro atoms. The quantitative estimate of drug-likeness (QED) is 0.766. The van der Waals surface area contributed by atoms with E-state index in [4.69, 9.17) is 11.6 Å². The lowest BCUT2D eigenvalue weighted by molar-refractivity contribution is -0.125. The van der Waals surface area contributed by atoms with Crippen LogP contribution in [0, 0.1) is 0 Å². The molecule has 2 N–H and O–H groups in total. The zero-order valence-electron chi connectivity index (χ0n) is 13.4. The van der Waals surface area contributed by atoms with Crippen molar-refractivity contribution in [2.45, 2.75) is 33.4 Å². The highest BCUT2D eigenvalue weighted by Gasteiger charge is 2.13. The van der Waals surface area contributed by atoms with E-state index >= 15 is 0 Å². The molecule has 0 saturated heterocycles. The van der Waals surface area contributed by atoms with Crippen molar-refractivity contribution in [3.63, 3.8) is 0 Å². The van der Waals surface area contributed by atoms with Crippen LogP contribution in [0.5, 0.6) is 0 Å². The Bertz CT molecular complexity index is 506. The third-order valence-corrected chi connectivity index (χ3v) is 3.25. The van der Waals surface area contributed by atoms with Crippen LogP contribution in [0.25, 0.3) is 0 Å². The molecule has 0 aliphatic carbocycles. The summed E-state index contributed by atoms with van der Waals surface area (Å²) in [6.45, 7) is 7.22. The molecule has 22 heavy (non-hydrogen) atoms. The number of carbonyl (C=O) groups is 2. The minimum absolute atomic E-state index is 0.0699. The van der Waals surface area contributed by atoms with Gasteiger partial charge in [-0.1, -0.05) is 30.7 Å². The molecule has 2 amide bonds. The molecule has 1 aromatic carbocycles. The fourth-order valence-electron chi connectivity index (χ4n) is 1.96. The molecule has 0 aliphatic heterocycles. The summed E-state index contributed by atoms with van der Waals surface area (Å²) < 4.78 is 0. The van der Waals surface area contributed by atoms with E-state index in [1.807, 2.05) is 39.0 Å². The summed E-state index contributed by atoms with van der Waals surface area (Å²) in [5, 5.41) is 6.30. The number of hydrogen-bond acceptors (Lipinski definition) is 3. The van der Waals surface area contributed by atoms with Gasteiger partial charge in [0.2, 0.25) is 11.8 Å². The first kappa shape index (κ1) is 18.5. The van der Waals surface area contributed by atoms with Crippen LogP contribution in [0.3, 0.4) is 0 Å². The molecule has 1 rings (SSSR count). The molecule has 0 aromatic heterocycles. The molecule has 0 bridgehead atoms. The van der Waals surface area contributed by atoms with Gasteiger partial charge in [0.25, 0.3) is 0 Å². The highest BCUT2D eigenvalue weighted by atomic mass is 35.5. The number of benzene rings is 1. The molecule has 1 aromatic rings. The summed E-state index contributed by atoms with van der Waals surface area (Å²) in [7, 11) is 0. The summed E-state index contributed by atoms with van der Waals surface area (Å²) in [5.41, 5.74) is 0.946. The van der Waals surface area contributed by atoms with Crippen LogP contribution in [0.15, 0.2) is 24.3 Å². The summed E-state index contributed by atoms with van der Waals surface area (Å²) >= 11 is 5.90. The Labute approximate surface area is 137 Å². The Kier molecular flexibility index (Phi) is 7.91. The van der Waals surface area contributed by atoms with Crippen LogP contribution in [0.4, 0.5) is 0 Å². The Morgan fingerprint density at radius 3 is 2.50 bits per heavy atom. The number of halogens is 1. The van der Waals surface area contributed by atoms with Crippen molar-refractivity contribution in [1.29, 1.82) is 0 Å². The van der Waals surface area contributed by atoms with E-state index < -0.39 is 0 Å². The Balaban J connectivity index is 2.40. The summed E-state index contributed by atoms with van der Waals surface area (Å²) in [6.07, 6.45) is 0. The van der Waals surface area contributed by atoms with Crippen molar-refractivity contribution in [1.82, 2.24) is 15.5 Å². The van der Waals surface area contributed by atoms with E-state index in [-0.39, 0.29) is 30.9 Å². The molecule has 0 radical (unpaired) electrons. The van der Waals surface area contributed by atoms with Crippen LogP contribution in [-0.2, 0) is 16.1 Å². The topological polar surface area (TPSA) is 61.4 Å². The Morgan fingerprint density at radius 2 is 1.91 bits per heavy atom. The fourth-order valence-corrected chi connectivity index (χ4v) is 2.17. The summed E-state index contributed by atoms with van der Waals surface area (Å²) in [4.78, 5) is 25.5. The molecular weight excluding hydrogens is 302 g/mol. The van der Waals surface area contributed by atoms with Gasteiger partial charge in [-0.2, -0.15) is 0 Å². The second-order valence-electron chi connectivity index (χ2n) is 5.43. The smallest absolute Gasteiger partial charge is 0.234 e. The highest BCUT2D eigenvalue weighted by molar-refractivity contribution is 6.30. The lowest BCUT2D eigenvalue weighted by atomic mass is 10.2. The number of hydrogen-bond donors (Lipinski definition) is 2. The molecule has 5 nitrogen and oxygen atoms in total. The summed E-state index contributed by atoms with van der Waals surface area (Å²) in [5.74, 6) is -0.182. The Morgan fingerprint density at radius 1 is 1.23 bits per heavy atom. The van der Waals surface area contributed by atoms with E-state index in [1.165, 1.54) is 0 Å². The second kappa shape index (κ2) is 9.43. The average Bonchev–Trinajstić information content (AvgIpc) is 2.43. The third kappa shape index (κ3) is 7.43. The maximum atomic E-state index is 12.0. The molecule has 0 unspecified atom stereocenters. The van der Waals surface area contributed by atoms with Gasteiger partial charge >= 0.3 is 0 Å².